The number of likely N-dealkylation sites (N-methyl/N-ethyl adjacent to an activating group) is 1. The van der Waals surface area contributed by atoms with E-state index in [1.165, 1.54) is 4.90 Å². The van der Waals surface area contributed by atoms with Crippen LogP contribution in [0, 0.1) is 0 Å². The number of imide groups is 1. The molecular weight excluding hydrogens is 614 g/mol. The molecule has 49 heavy (non-hydrogen) atoms. The molecule has 1 fully saturated rings. The third-order valence-electron chi connectivity index (χ3n) is 9.27. The molecule has 2 aliphatic heterocycles. The number of rotatable bonds is 11. The fourth-order valence-corrected chi connectivity index (χ4v) is 6.57. The second-order valence-electron chi connectivity index (χ2n) is 12.7. The molecule has 8 heteroatoms. The SMILES string of the molecule is CN(CCc1ccccn1)C[C@@H]1C[C@H](c2ccc(CO)cc2)O[C@H](c2ccc(-c3cccc(CN4C(=O)c5ccccc5C4=O)c3)cc2)O1. The van der Waals surface area contributed by atoms with Crippen molar-refractivity contribution in [1.29, 1.82) is 0 Å². The van der Waals surface area contributed by atoms with E-state index < -0.39 is 6.29 Å². The number of carbonyl (C=O) groups excluding carboxylic acids is 2. The first-order valence-electron chi connectivity index (χ1n) is 16.7. The predicted molar refractivity (Wildman–Crippen MR) is 186 cm³/mol. The third kappa shape index (κ3) is 7.38. The molecular formula is C41H39N3O5. The molecule has 0 bridgehead atoms. The van der Waals surface area contributed by atoms with Gasteiger partial charge in [0, 0.05) is 43.4 Å². The number of aromatic nitrogens is 1. The highest BCUT2D eigenvalue weighted by Gasteiger charge is 2.35. The lowest BCUT2D eigenvalue weighted by Crippen LogP contribution is -2.38. The number of ether oxygens (including phenoxy) is 2. The summed E-state index contributed by atoms with van der Waals surface area (Å²) in [5, 5.41) is 9.55. The summed E-state index contributed by atoms with van der Waals surface area (Å²) in [6.45, 7) is 1.81. The lowest BCUT2D eigenvalue weighted by molar-refractivity contribution is -0.252. The minimum atomic E-state index is -0.556. The van der Waals surface area contributed by atoms with Crippen LogP contribution in [0.3, 0.4) is 0 Å². The minimum absolute atomic E-state index is 0.000739. The van der Waals surface area contributed by atoms with Gasteiger partial charge in [0.05, 0.1) is 36.5 Å². The van der Waals surface area contributed by atoms with Crippen LogP contribution < -0.4 is 0 Å². The van der Waals surface area contributed by atoms with Crippen LogP contribution >= 0.6 is 0 Å². The molecule has 2 amide bonds. The molecule has 0 saturated carbocycles. The summed E-state index contributed by atoms with van der Waals surface area (Å²) < 4.78 is 13.2. The maximum absolute atomic E-state index is 12.9. The first-order chi connectivity index (χ1) is 23.9. The van der Waals surface area contributed by atoms with Crippen LogP contribution in [0.1, 0.15) is 67.5 Å². The lowest BCUT2D eigenvalue weighted by atomic mass is 9.99. The van der Waals surface area contributed by atoms with Crippen LogP contribution in [0.2, 0.25) is 0 Å². The van der Waals surface area contributed by atoms with Crippen molar-refractivity contribution >= 4 is 11.8 Å². The summed E-state index contributed by atoms with van der Waals surface area (Å²) in [4.78, 5) is 33.9. The Morgan fingerprint density at radius 2 is 1.49 bits per heavy atom. The molecule has 0 unspecified atom stereocenters. The number of fused-ring (bicyclic) bond motifs is 1. The van der Waals surface area contributed by atoms with Gasteiger partial charge < -0.3 is 19.5 Å². The Labute approximate surface area is 286 Å². The molecule has 0 spiro atoms. The van der Waals surface area contributed by atoms with Gasteiger partial charge in [0.25, 0.3) is 11.8 Å². The number of carbonyl (C=O) groups is 2. The summed E-state index contributed by atoms with van der Waals surface area (Å²) in [6, 6.07) is 37.0. The zero-order valence-electron chi connectivity index (χ0n) is 27.4. The second kappa shape index (κ2) is 14.6. The highest BCUT2D eigenvalue weighted by atomic mass is 16.7. The number of benzene rings is 4. The van der Waals surface area contributed by atoms with Crippen molar-refractivity contribution in [3.63, 3.8) is 0 Å². The van der Waals surface area contributed by atoms with Crippen LogP contribution in [-0.4, -0.2) is 57.9 Å². The zero-order chi connectivity index (χ0) is 33.7. The quantitative estimate of drug-likeness (QED) is 0.158. The number of hydrogen-bond acceptors (Lipinski definition) is 7. The summed E-state index contributed by atoms with van der Waals surface area (Å²) in [7, 11) is 2.11. The summed E-state index contributed by atoms with van der Waals surface area (Å²) in [5.74, 6) is -0.522. The number of pyridine rings is 1. The molecule has 0 aliphatic carbocycles. The van der Waals surface area contributed by atoms with Crippen molar-refractivity contribution in [2.24, 2.45) is 0 Å². The number of amides is 2. The molecule has 4 aromatic carbocycles. The van der Waals surface area contributed by atoms with Crippen LogP contribution in [-0.2, 0) is 29.0 Å². The Bertz CT molecular complexity index is 1880. The van der Waals surface area contributed by atoms with Crippen LogP contribution in [0.25, 0.3) is 11.1 Å². The molecule has 1 aromatic heterocycles. The van der Waals surface area contributed by atoms with E-state index in [2.05, 4.69) is 35.1 Å². The Morgan fingerprint density at radius 3 is 2.18 bits per heavy atom. The molecule has 248 valence electrons. The monoisotopic (exact) mass is 653 g/mol. The molecule has 3 heterocycles. The van der Waals surface area contributed by atoms with E-state index in [-0.39, 0.29) is 37.2 Å². The van der Waals surface area contributed by atoms with Crippen molar-refractivity contribution in [3.05, 3.63) is 161 Å². The van der Waals surface area contributed by atoms with E-state index >= 15 is 0 Å². The Kier molecular flexibility index (Phi) is 9.72. The van der Waals surface area contributed by atoms with Gasteiger partial charge >= 0.3 is 0 Å². The molecule has 0 radical (unpaired) electrons. The van der Waals surface area contributed by atoms with Gasteiger partial charge in [0.15, 0.2) is 6.29 Å². The van der Waals surface area contributed by atoms with E-state index in [1.54, 1.807) is 24.3 Å². The normalized spacial score (nSPS) is 19.0. The van der Waals surface area contributed by atoms with E-state index in [4.69, 9.17) is 9.47 Å². The van der Waals surface area contributed by atoms with Gasteiger partial charge in [0.2, 0.25) is 0 Å². The highest BCUT2D eigenvalue weighted by molar-refractivity contribution is 6.21. The molecule has 1 N–H and O–H groups in total. The smallest absolute Gasteiger partial charge is 0.261 e. The molecule has 7 rings (SSSR count). The summed E-state index contributed by atoms with van der Waals surface area (Å²) in [5.41, 5.74) is 7.68. The predicted octanol–water partition coefficient (Wildman–Crippen LogP) is 6.76. The van der Waals surface area contributed by atoms with E-state index in [1.807, 2.05) is 79.0 Å². The largest absolute Gasteiger partial charge is 0.392 e. The van der Waals surface area contributed by atoms with Crippen molar-refractivity contribution in [2.75, 3.05) is 20.1 Å². The number of aliphatic hydroxyl groups excluding tert-OH is 1. The summed E-state index contributed by atoms with van der Waals surface area (Å²) >= 11 is 0. The van der Waals surface area contributed by atoms with Gasteiger partial charge in [-0.15, -0.1) is 0 Å². The first kappa shape index (κ1) is 32.6. The highest BCUT2D eigenvalue weighted by Crippen LogP contribution is 2.39. The van der Waals surface area contributed by atoms with Crippen molar-refractivity contribution in [1.82, 2.24) is 14.8 Å². The average Bonchev–Trinajstić information content (AvgIpc) is 3.39. The van der Waals surface area contributed by atoms with Crippen molar-refractivity contribution < 1.29 is 24.2 Å². The van der Waals surface area contributed by atoms with Gasteiger partial charge in [-0.3, -0.25) is 19.5 Å². The lowest BCUT2D eigenvalue weighted by Gasteiger charge is -2.38. The Hall–Kier alpha value is -4.99. The number of aliphatic hydroxyl groups is 1. The standard InChI is InChI=1S/C41H39N3O5/c1-43(22-20-34-9-4-5-21-42-34)26-35-24-38(31-14-12-28(27-45)13-15-31)49-41(48-35)32-18-16-30(17-19-32)33-8-6-7-29(23-33)25-44-39(46)36-10-2-3-11-37(36)40(44)47/h2-19,21,23,35,38,41,45H,20,22,24-27H2,1H3/t35-,38+,41+/m0/s1. The van der Waals surface area contributed by atoms with E-state index in [9.17, 15) is 14.7 Å². The third-order valence-corrected chi connectivity index (χ3v) is 9.27. The van der Waals surface area contributed by atoms with Gasteiger partial charge in [-0.25, -0.2) is 0 Å². The van der Waals surface area contributed by atoms with Crippen LogP contribution in [0.15, 0.2) is 121 Å². The van der Waals surface area contributed by atoms with Gasteiger partial charge in [-0.05, 0) is 65.2 Å². The number of hydrogen-bond donors (Lipinski definition) is 1. The van der Waals surface area contributed by atoms with E-state index in [0.717, 1.165) is 58.6 Å². The van der Waals surface area contributed by atoms with Crippen LogP contribution in [0.5, 0.6) is 0 Å². The topological polar surface area (TPSA) is 92.2 Å². The molecule has 8 nitrogen and oxygen atoms in total. The maximum atomic E-state index is 12.9. The van der Waals surface area contributed by atoms with Gasteiger partial charge in [-0.2, -0.15) is 0 Å². The number of nitrogens with zero attached hydrogens (tertiary/aromatic N) is 3. The Morgan fingerprint density at radius 1 is 0.776 bits per heavy atom. The molecule has 3 atom stereocenters. The van der Waals surface area contributed by atoms with Crippen LogP contribution in [0.4, 0.5) is 0 Å². The van der Waals surface area contributed by atoms with Crippen molar-refractivity contribution in [2.45, 2.75) is 44.5 Å². The van der Waals surface area contributed by atoms with Gasteiger partial charge in [-0.1, -0.05) is 84.9 Å². The minimum Gasteiger partial charge on any atom is -0.392 e. The fraction of sp³-hybridized carbons (Fsp3) is 0.244. The van der Waals surface area contributed by atoms with Gasteiger partial charge in [0.1, 0.15) is 0 Å². The first-order valence-corrected chi connectivity index (χ1v) is 16.7. The molecule has 1 saturated heterocycles. The summed E-state index contributed by atoms with van der Waals surface area (Å²) in [6.07, 6.45) is 2.61. The average molecular weight is 654 g/mol. The van der Waals surface area contributed by atoms with E-state index in [0.29, 0.717) is 17.5 Å². The second-order valence-corrected chi connectivity index (χ2v) is 12.7. The zero-order valence-corrected chi connectivity index (χ0v) is 27.4. The molecule has 2 aliphatic rings. The van der Waals surface area contributed by atoms with Crippen molar-refractivity contribution in [3.8, 4) is 11.1 Å². The Balaban J connectivity index is 1.06. The molecule has 5 aromatic rings. The maximum Gasteiger partial charge on any atom is 0.261 e. The fourth-order valence-electron chi connectivity index (χ4n) is 6.57.